The van der Waals surface area contributed by atoms with Crippen molar-refractivity contribution in [2.24, 2.45) is 5.92 Å². The van der Waals surface area contributed by atoms with Crippen LogP contribution in [0.5, 0.6) is 5.75 Å². The first-order valence-corrected chi connectivity index (χ1v) is 6.46. The number of ether oxygens (including phenoxy) is 1. The van der Waals surface area contributed by atoms with Gasteiger partial charge in [0.05, 0.1) is 12.5 Å². The Balaban J connectivity index is 2.38. The Hall–Kier alpha value is -1.51. The standard InChI is InChI=1S/C15H20O3/c1-11-6-8-15(9-7-11,14(16)17)12-4-3-5-13(10-12)18-2/h3-5,10-11H,6-9H2,1-2H3,(H,16,17). The van der Waals surface area contributed by atoms with Crippen LogP contribution in [0.3, 0.4) is 0 Å². The number of benzene rings is 1. The fourth-order valence-corrected chi connectivity index (χ4v) is 2.80. The highest BCUT2D eigenvalue weighted by atomic mass is 16.5. The van der Waals surface area contributed by atoms with Gasteiger partial charge < -0.3 is 9.84 Å². The first kappa shape index (κ1) is 12.9. The molecule has 1 fully saturated rings. The van der Waals surface area contributed by atoms with Crippen LogP contribution in [0, 0.1) is 5.92 Å². The third-order valence-electron chi connectivity index (χ3n) is 4.16. The molecule has 1 aromatic carbocycles. The van der Waals surface area contributed by atoms with Gasteiger partial charge >= 0.3 is 5.97 Å². The zero-order valence-electron chi connectivity index (χ0n) is 11.0. The van der Waals surface area contributed by atoms with Crippen molar-refractivity contribution in [3.05, 3.63) is 29.8 Å². The average molecular weight is 248 g/mol. The summed E-state index contributed by atoms with van der Waals surface area (Å²) in [6.45, 7) is 2.19. The lowest BCUT2D eigenvalue weighted by atomic mass is 9.67. The molecule has 1 aliphatic rings. The minimum absolute atomic E-state index is 0.628. The highest BCUT2D eigenvalue weighted by Crippen LogP contribution is 2.42. The number of methoxy groups -OCH3 is 1. The molecule has 0 saturated heterocycles. The second-order valence-electron chi connectivity index (χ2n) is 5.30. The van der Waals surface area contributed by atoms with Gasteiger partial charge in [-0.2, -0.15) is 0 Å². The molecule has 0 radical (unpaired) electrons. The molecule has 0 unspecified atom stereocenters. The SMILES string of the molecule is COc1cccc(C2(C(=O)O)CCC(C)CC2)c1. The predicted octanol–water partition coefficient (Wildman–Crippen LogP) is 3.23. The van der Waals surface area contributed by atoms with Crippen molar-refractivity contribution in [2.75, 3.05) is 7.11 Å². The van der Waals surface area contributed by atoms with E-state index in [-0.39, 0.29) is 0 Å². The topological polar surface area (TPSA) is 46.5 Å². The maximum Gasteiger partial charge on any atom is 0.314 e. The molecule has 0 spiro atoms. The van der Waals surface area contributed by atoms with Gasteiger partial charge in [-0.15, -0.1) is 0 Å². The molecule has 1 aliphatic carbocycles. The van der Waals surface area contributed by atoms with Crippen molar-refractivity contribution in [2.45, 2.75) is 38.0 Å². The molecule has 3 heteroatoms. The van der Waals surface area contributed by atoms with E-state index in [2.05, 4.69) is 6.92 Å². The van der Waals surface area contributed by atoms with Crippen LogP contribution in [0.15, 0.2) is 24.3 Å². The van der Waals surface area contributed by atoms with Crippen LogP contribution in [0.2, 0.25) is 0 Å². The van der Waals surface area contributed by atoms with E-state index in [0.29, 0.717) is 5.92 Å². The van der Waals surface area contributed by atoms with Gasteiger partial charge in [0.1, 0.15) is 5.75 Å². The fraction of sp³-hybridized carbons (Fsp3) is 0.533. The minimum atomic E-state index is -0.721. The summed E-state index contributed by atoms with van der Waals surface area (Å²) in [7, 11) is 1.61. The van der Waals surface area contributed by atoms with E-state index in [0.717, 1.165) is 37.0 Å². The summed E-state index contributed by atoms with van der Waals surface area (Å²) in [5, 5.41) is 9.65. The van der Waals surface area contributed by atoms with E-state index in [1.807, 2.05) is 24.3 Å². The Morgan fingerprint density at radius 3 is 2.61 bits per heavy atom. The maximum atomic E-state index is 11.7. The Bertz CT molecular complexity index is 431. The van der Waals surface area contributed by atoms with Gasteiger partial charge in [-0.25, -0.2) is 0 Å². The summed E-state index contributed by atoms with van der Waals surface area (Å²) in [6, 6.07) is 7.50. The summed E-state index contributed by atoms with van der Waals surface area (Å²) >= 11 is 0. The van der Waals surface area contributed by atoms with Crippen LogP contribution in [-0.4, -0.2) is 18.2 Å². The highest BCUT2D eigenvalue weighted by molar-refractivity contribution is 5.81. The Morgan fingerprint density at radius 2 is 2.06 bits per heavy atom. The van der Waals surface area contributed by atoms with Crippen LogP contribution in [0.4, 0.5) is 0 Å². The number of rotatable bonds is 3. The average Bonchev–Trinajstić information content (AvgIpc) is 2.39. The van der Waals surface area contributed by atoms with Crippen LogP contribution in [-0.2, 0) is 10.2 Å². The quantitative estimate of drug-likeness (QED) is 0.893. The van der Waals surface area contributed by atoms with Crippen molar-refractivity contribution < 1.29 is 14.6 Å². The molecule has 0 aromatic heterocycles. The molecule has 0 amide bonds. The second kappa shape index (κ2) is 5.01. The molecular weight excluding hydrogens is 228 g/mol. The smallest absolute Gasteiger partial charge is 0.314 e. The van der Waals surface area contributed by atoms with Crippen LogP contribution in [0.25, 0.3) is 0 Å². The lowest BCUT2D eigenvalue weighted by molar-refractivity contribution is -0.145. The highest BCUT2D eigenvalue weighted by Gasteiger charge is 2.42. The Kier molecular flexibility index (Phi) is 3.60. The van der Waals surface area contributed by atoms with Gasteiger partial charge in [0.2, 0.25) is 0 Å². The molecule has 2 rings (SSSR count). The van der Waals surface area contributed by atoms with E-state index >= 15 is 0 Å². The molecule has 0 bridgehead atoms. The van der Waals surface area contributed by atoms with Gasteiger partial charge in [0.15, 0.2) is 0 Å². The largest absolute Gasteiger partial charge is 0.497 e. The van der Waals surface area contributed by atoms with E-state index in [9.17, 15) is 9.90 Å². The Morgan fingerprint density at radius 1 is 1.39 bits per heavy atom. The molecule has 98 valence electrons. The second-order valence-corrected chi connectivity index (χ2v) is 5.30. The van der Waals surface area contributed by atoms with Crippen molar-refractivity contribution in [1.82, 2.24) is 0 Å². The van der Waals surface area contributed by atoms with Crippen molar-refractivity contribution in [3.8, 4) is 5.75 Å². The number of aliphatic carboxylic acids is 1. The maximum absolute atomic E-state index is 11.7. The Labute approximate surface area is 108 Å². The number of carboxylic acid groups (broad SMARTS) is 1. The van der Waals surface area contributed by atoms with Gasteiger partial charge in [-0.3, -0.25) is 4.79 Å². The van der Waals surface area contributed by atoms with Crippen molar-refractivity contribution in [1.29, 1.82) is 0 Å². The molecular formula is C15H20O3. The van der Waals surface area contributed by atoms with Crippen LogP contribution in [0.1, 0.15) is 38.2 Å². The molecule has 1 aromatic rings. The van der Waals surface area contributed by atoms with Crippen molar-refractivity contribution in [3.63, 3.8) is 0 Å². The van der Waals surface area contributed by atoms with Crippen molar-refractivity contribution >= 4 is 5.97 Å². The molecule has 18 heavy (non-hydrogen) atoms. The predicted molar refractivity (Wildman–Crippen MR) is 69.9 cm³/mol. The van der Waals surface area contributed by atoms with E-state index in [1.54, 1.807) is 7.11 Å². The van der Waals surface area contributed by atoms with E-state index < -0.39 is 11.4 Å². The number of hydrogen-bond acceptors (Lipinski definition) is 2. The van der Waals surface area contributed by atoms with Crippen LogP contribution < -0.4 is 4.74 Å². The summed E-state index contributed by atoms with van der Waals surface area (Å²) < 4.78 is 5.20. The summed E-state index contributed by atoms with van der Waals surface area (Å²) in [5.41, 5.74) is 0.155. The number of hydrogen-bond donors (Lipinski definition) is 1. The van der Waals surface area contributed by atoms with Gasteiger partial charge in [0, 0.05) is 0 Å². The third kappa shape index (κ3) is 2.22. The van der Waals surface area contributed by atoms with Gasteiger partial charge in [-0.05, 0) is 49.3 Å². The fourth-order valence-electron chi connectivity index (χ4n) is 2.80. The monoisotopic (exact) mass is 248 g/mol. The van der Waals surface area contributed by atoms with E-state index in [1.165, 1.54) is 0 Å². The lowest BCUT2D eigenvalue weighted by Gasteiger charge is -2.36. The molecule has 0 aliphatic heterocycles. The summed E-state index contributed by atoms with van der Waals surface area (Å²) in [5.74, 6) is 0.650. The molecule has 0 atom stereocenters. The van der Waals surface area contributed by atoms with Gasteiger partial charge in [0.25, 0.3) is 0 Å². The first-order valence-electron chi connectivity index (χ1n) is 6.46. The lowest BCUT2D eigenvalue weighted by Crippen LogP contribution is -2.39. The first-order chi connectivity index (χ1) is 8.58. The third-order valence-corrected chi connectivity index (χ3v) is 4.16. The number of carboxylic acids is 1. The normalized spacial score (nSPS) is 27.8. The number of carbonyl (C=O) groups is 1. The summed E-state index contributed by atoms with van der Waals surface area (Å²) in [4.78, 5) is 11.7. The molecule has 1 N–H and O–H groups in total. The van der Waals surface area contributed by atoms with E-state index in [4.69, 9.17) is 4.74 Å². The zero-order chi connectivity index (χ0) is 13.2. The zero-order valence-corrected chi connectivity index (χ0v) is 11.0. The summed E-state index contributed by atoms with van der Waals surface area (Å²) in [6.07, 6.45) is 3.39. The van der Waals surface area contributed by atoms with Gasteiger partial charge in [-0.1, -0.05) is 19.1 Å². The van der Waals surface area contributed by atoms with Crippen LogP contribution >= 0.6 is 0 Å². The molecule has 3 nitrogen and oxygen atoms in total. The minimum Gasteiger partial charge on any atom is -0.497 e. The molecule has 0 heterocycles. The molecule has 1 saturated carbocycles.